The highest BCUT2D eigenvalue weighted by Crippen LogP contribution is 2.14. The van der Waals surface area contributed by atoms with E-state index in [1.54, 1.807) is 6.07 Å². The van der Waals surface area contributed by atoms with Gasteiger partial charge in [-0.05, 0) is 0 Å². The van der Waals surface area contributed by atoms with Crippen molar-refractivity contribution in [3.63, 3.8) is 0 Å². The van der Waals surface area contributed by atoms with Crippen molar-refractivity contribution in [3.8, 4) is 5.75 Å². The van der Waals surface area contributed by atoms with E-state index in [0.29, 0.717) is 23.2 Å². The first-order valence-corrected chi connectivity index (χ1v) is 4.59. The largest absolute Gasteiger partial charge is 0.495 e. The van der Waals surface area contributed by atoms with Crippen molar-refractivity contribution >= 4 is 17.5 Å². The van der Waals surface area contributed by atoms with Gasteiger partial charge in [0.25, 0.3) is 5.56 Å². The fraction of sp³-hybridized carbons (Fsp3) is 0.200. The summed E-state index contributed by atoms with van der Waals surface area (Å²) in [5.41, 5.74) is 0.552. The van der Waals surface area contributed by atoms with Crippen molar-refractivity contribution in [1.82, 2.24) is 14.5 Å². The molecule has 0 saturated carbocycles. The highest BCUT2D eigenvalue weighted by Gasteiger charge is 2.06. The number of nitrogens with zero attached hydrogens (tertiary/aromatic N) is 3. The second-order valence-electron chi connectivity index (χ2n) is 3.09. The number of hydrogen-bond acceptors (Lipinski definition) is 5. The van der Waals surface area contributed by atoms with Gasteiger partial charge in [-0.1, -0.05) is 0 Å². The maximum Gasteiger partial charge on any atom is 0.270 e. The van der Waals surface area contributed by atoms with Crippen LogP contribution >= 0.6 is 0 Å². The minimum absolute atomic E-state index is 0.0211. The van der Waals surface area contributed by atoms with Gasteiger partial charge in [-0.15, -0.1) is 0 Å². The second kappa shape index (κ2) is 4.09. The lowest BCUT2D eigenvalue weighted by atomic mass is 10.4. The minimum atomic E-state index is -0.338. The van der Waals surface area contributed by atoms with Crippen LogP contribution < -0.4 is 10.3 Å². The summed E-state index contributed by atoms with van der Waals surface area (Å²) in [5.74, 6) is 0.513. The van der Waals surface area contributed by atoms with Crippen LogP contribution in [0.3, 0.4) is 0 Å². The van der Waals surface area contributed by atoms with Gasteiger partial charge in [0.2, 0.25) is 0 Å². The lowest BCUT2D eigenvalue weighted by Gasteiger charge is -2.06. The van der Waals surface area contributed by atoms with E-state index in [4.69, 9.17) is 4.74 Å². The Morgan fingerprint density at radius 3 is 2.88 bits per heavy atom. The Bertz CT molecular complexity index is 591. The molecule has 0 bridgehead atoms. The molecular weight excluding hydrogens is 210 g/mol. The highest BCUT2D eigenvalue weighted by atomic mass is 16.5. The van der Waals surface area contributed by atoms with E-state index in [-0.39, 0.29) is 12.1 Å². The van der Waals surface area contributed by atoms with Crippen LogP contribution in [0.25, 0.3) is 11.2 Å². The molecule has 2 heterocycles. The predicted octanol–water partition coefficient (Wildman–Crippen LogP) is -0.00100. The highest BCUT2D eigenvalue weighted by molar-refractivity contribution is 5.72. The number of carbonyl (C=O) groups excluding carboxylic acids is 1. The Morgan fingerprint density at radius 1 is 1.44 bits per heavy atom. The SMILES string of the molecule is COc1cnc2ncc(=O)n(CC=O)c2c1. The summed E-state index contributed by atoms with van der Waals surface area (Å²) >= 11 is 0. The number of pyridine rings is 1. The van der Waals surface area contributed by atoms with Crippen LogP contribution in [-0.4, -0.2) is 27.9 Å². The Morgan fingerprint density at radius 2 is 2.19 bits per heavy atom. The maximum atomic E-state index is 11.5. The quantitative estimate of drug-likeness (QED) is 0.679. The van der Waals surface area contributed by atoms with Gasteiger partial charge in [0.15, 0.2) is 5.65 Å². The fourth-order valence-electron chi connectivity index (χ4n) is 1.40. The van der Waals surface area contributed by atoms with Crippen molar-refractivity contribution in [3.05, 3.63) is 28.8 Å². The molecule has 16 heavy (non-hydrogen) atoms. The zero-order valence-corrected chi connectivity index (χ0v) is 8.58. The van der Waals surface area contributed by atoms with Gasteiger partial charge in [-0.2, -0.15) is 0 Å². The molecule has 0 unspecified atom stereocenters. The number of hydrogen-bond donors (Lipinski definition) is 0. The van der Waals surface area contributed by atoms with Crippen molar-refractivity contribution in [2.24, 2.45) is 0 Å². The maximum absolute atomic E-state index is 11.5. The standard InChI is InChI=1S/C10H9N3O3/c1-16-7-4-8-10(11-5-7)12-6-9(15)13(8)2-3-14/h3-6H,2H2,1H3. The molecule has 0 N–H and O–H groups in total. The minimum Gasteiger partial charge on any atom is -0.495 e. The zero-order valence-electron chi connectivity index (χ0n) is 8.58. The molecule has 6 heteroatoms. The van der Waals surface area contributed by atoms with E-state index in [0.717, 1.165) is 6.20 Å². The molecule has 0 fully saturated rings. The van der Waals surface area contributed by atoms with Gasteiger partial charge in [0.05, 0.1) is 31.6 Å². The molecule has 0 aliphatic rings. The third-order valence-corrected chi connectivity index (χ3v) is 2.17. The molecule has 0 aliphatic carbocycles. The van der Waals surface area contributed by atoms with E-state index in [1.165, 1.54) is 17.9 Å². The summed E-state index contributed by atoms with van der Waals surface area (Å²) in [6.07, 6.45) is 3.30. The topological polar surface area (TPSA) is 74.1 Å². The molecule has 2 aromatic heterocycles. The summed E-state index contributed by atoms with van der Waals surface area (Å²) < 4.78 is 6.30. The van der Waals surface area contributed by atoms with E-state index >= 15 is 0 Å². The Labute approximate surface area is 90.5 Å². The first-order valence-electron chi connectivity index (χ1n) is 4.59. The molecule has 2 rings (SSSR count). The fourth-order valence-corrected chi connectivity index (χ4v) is 1.40. The van der Waals surface area contributed by atoms with Crippen molar-refractivity contribution in [2.75, 3.05) is 7.11 Å². The van der Waals surface area contributed by atoms with Crippen LogP contribution in [0.1, 0.15) is 0 Å². The monoisotopic (exact) mass is 219 g/mol. The zero-order chi connectivity index (χ0) is 11.5. The average molecular weight is 219 g/mol. The van der Waals surface area contributed by atoms with Crippen LogP contribution in [-0.2, 0) is 11.3 Å². The van der Waals surface area contributed by atoms with Gasteiger partial charge in [0, 0.05) is 6.07 Å². The Kier molecular flexibility index (Phi) is 2.63. The van der Waals surface area contributed by atoms with E-state index in [1.807, 2.05) is 0 Å². The number of methoxy groups -OCH3 is 1. The molecule has 0 saturated heterocycles. The van der Waals surface area contributed by atoms with Crippen LogP contribution in [0.2, 0.25) is 0 Å². The number of aromatic nitrogens is 3. The molecule has 2 aromatic rings. The number of carbonyl (C=O) groups is 1. The molecule has 6 nitrogen and oxygen atoms in total. The number of ether oxygens (including phenoxy) is 1. The lowest BCUT2D eigenvalue weighted by molar-refractivity contribution is -0.108. The van der Waals surface area contributed by atoms with Crippen LogP contribution in [0.15, 0.2) is 23.3 Å². The smallest absolute Gasteiger partial charge is 0.270 e. The molecule has 82 valence electrons. The second-order valence-corrected chi connectivity index (χ2v) is 3.09. The number of rotatable bonds is 3. The summed E-state index contributed by atoms with van der Waals surface area (Å²) in [7, 11) is 1.50. The first kappa shape index (κ1) is 10.3. The van der Waals surface area contributed by atoms with Gasteiger partial charge < -0.3 is 9.53 Å². The lowest BCUT2D eigenvalue weighted by Crippen LogP contribution is -2.21. The molecule has 0 aliphatic heterocycles. The predicted molar refractivity (Wildman–Crippen MR) is 56.4 cm³/mol. The number of aldehydes is 1. The third-order valence-electron chi connectivity index (χ3n) is 2.17. The van der Waals surface area contributed by atoms with Gasteiger partial charge in [-0.25, -0.2) is 9.97 Å². The van der Waals surface area contributed by atoms with Gasteiger partial charge in [-0.3, -0.25) is 9.36 Å². The van der Waals surface area contributed by atoms with Crippen LogP contribution in [0.5, 0.6) is 5.75 Å². The van der Waals surface area contributed by atoms with Gasteiger partial charge in [0.1, 0.15) is 12.0 Å². The van der Waals surface area contributed by atoms with Crippen LogP contribution in [0.4, 0.5) is 0 Å². The summed E-state index contributed by atoms with van der Waals surface area (Å²) in [5, 5.41) is 0. The molecule has 0 atom stereocenters. The summed E-state index contributed by atoms with van der Waals surface area (Å²) in [6.45, 7) is -0.0211. The normalized spacial score (nSPS) is 10.3. The third kappa shape index (κ3) is 1.65. The molecule has 0 amide bonds. The van der Waals surface area contributed by atoms with Crippen molar-refractivity contribution in [2.45, 2.75) is 6.54 Å². The Balaban J connectivity index is 2.77. The molecule has 0 spiro atoms. The average Bonchev–Trinajstić information content (AvgIpc) is 2.32. The van der Waals surface area contributed by atoms with E-state index < -0.39 is 0 Å². The Hall–Kier alpha value is -2.24. The van der Waals surface area contributed by atoms with Crippen molar-refractivity contribution in [1.29, 1.82) is 0 Å². The molecule has 0 aromatic carbocycles. The van der Waals surface area contributed by atoms with Crippen LogP contribution in [0, 0.1) is 0 Å². The first-order chi connectivity index (χ1) is 7.76. The van der Waals surface area contributed by atoms with Gasteiger partial charge >= 0.3 is 0 Å². The molecule has 0 radical (unpaired) electrons. The van der Waals surface area contributed by atoms with E-state index in [9.17, 15) is 9.59 Å². The number of fused-ring (bicyclic) bond motifs is 1. The summed E-state index contributed by atoms with van der Waals surface area (Å²) in [4.78, 5) is 29.9. The summed E-state index contributed by atoms with van der Waals surface area (Å²) in [6, 6.07) is 1.63. The molecular formula is C10H9N3O3. The van der Waals surface area contributed by atoms with E-state index in [2.05, 4.69) is 9.97 Å². The van der Waals surface area contributed by atoms with Crippen molar-refractivity contribution < 1.29 is 9.53 Å².